The maximum absolute atomic E-state index is 12.4. The molecule has 7 heteroatoms. The number of aryl methyl sites for hydroxylation is 1. The molecule has 2 aromatic heterocycles. The molecule has 1 aliphatic heterocycles. The third-order valence-corrected chi connectivity index (χ3v) is 3.76. The SMILES string of the molecule is Cn1ncc(C(=O)N2CCN(c3ccccn3)CC2)c1N. The molecule has 0 radical (unpaired) electrons. The predicted molar refractivity (Wildman–Crippen MR) is 80.0 cm³/mol. The standard InChI is InChI=1S/C14H18N6O/c1-18-13(15)11(10-17-18)14(21)20-8-6-19(7-9-20)12-4-2-3-5-16-12/h2-5,10H,6-9,15H2,1H3. The highest BCUT2D eigenvalue weighted by atomic mass is 16.2. The van der Waals surface area contributed by atoms with Gasteiger partial charge in [0.2, 0.25) is 0 Å². The highest BCUT2D eigenvalue weighted by Crippen LogP contribution is 2.16. The van der Waals surface area contributed by atoms with Crippen molar-refractivity contribution in [3.05, 3.63) is 36.2 Å². The van der Waals surface area contributed by atoms with Crippen LogP contribution in [0.15, 0.2) is 30.6 Å². The first kappa shape index (κ1) is 13.4. The molecule has 0 unspecified atom stereocenters. The topological polar surface area (TPSA) is 80.3 Å². The van der Waals surface area contributed by atoms with E-state index in [1.54, 1.807) is 13.2 Å². The summed E-state index contributed by atoms with van der Waals surface area (Å²) in [4.78, 5) is 20.8. The average Bonchev–Trinajstić information content (AvgIpc) is 2.87. The van der Waals surface area contributed by atoms with Crippen molar-refractivity contribution in [1.29, 1.82) is 0 Å². The first-order valence-electron chi connectivity index (χ1n) is 6.89. The Balaban J connectivity index is 1.66. The van der Waals surface area contributed by atoms with Gasteiger partial charge in [-0.3, -0.25) is 9.48 Å². The molecular formula is C14H18N6O. The van der Waals surface area contributed by atoms with Gasteiger partial charge >= 0.3 is 0 Å². The lowest BCUT2D eigenvalue weighted by Gasteiger charge is -2.35. The van der Waals surface area contributed by atoms with Crippen molar-refractivity contribution in [2.24, 2.45) is 7.05 Å². The van der Waals surface area contributed by atoms with E-state index < -0.39 is 0 Å². The molecule has 7 nitrogen and oxygen atoms in total. The zero-order chi connectivity index (χ0) is 14.8. The van der Waals surface area contributed by atoms with E-state index in [1.165, 1.54) is 10.9 Å². The monoisotopic (exact) mass is 286 g/mol. The van der Waals surface area contributed by atoms with Crippen molar-refractivity contribution < 1.29 is 4.79 Å². The molecule has 1 amide bonds. The van der Waals surface area contributed by atoms with Gasteiger partial charge in [0, 0.05) is 39.4 Å². The average molecular weight is 286 g/mol. The Bertz CT molecular complexity index is 630. The summed E-state index contributed by atoms with van der Waals surface area (Å²) in [5.41, 5.74) is 6.34. The number of anilines is 2. The van der Waals surface area contributed by atoms with Crippen LogP contribution in [0.3, 0.4) is 0 Å². The maximum Gasteiger partial charge on any atom is 0.259 e. The van der Waals surface area contributed by atoms with Crippen LogP contribution in [0.5, 0.6) is 0 Å². The molecule has 2 N–H and O–H groups in total. The van der Waals surface area contributed by atoms with Crippen LogP contribution in [-0.2, 0) is 7.05 Å². The normalized spacial score (nSPS) is 15.3. The second-order valence-electron chi connectivity index (χ2n) is 5.03. The molecule has 1 saturated heterocycles. The van der Waals surface area contributed by atoms with Crippen molar-refractivity contribution in [2.75, 3.05) is 36.8 Å². The van der Waals surface area contributed by atoms with Crippen LogP contribution < -0.4 is 10.6 Å². The second kappa shape index (κ2) is 5.43. The summed E-state index contributed by atoms with van der Waals surface area (Å²) in [5.74, 6) is 1.30. The van der Waals surface area contributed by atoms with E-state index >= 15 is 0 Å². The number of aromatic nitrogens is 3. The summed E-state index contributed by atoms with van der Waals surface area (Å²) in [6.45, 7) is 2.85. The Morgan fingerprint density at radius 3 is 2.57 bits per heavy atom. The summed E-state index contributed by atoms with van der Waals surface area (Å²) in [6.07, 6.45) is 3.31. The first-order valence-corrected chi connectivity index (χ1v) is 6.89. The van der Waals surface area contributed by atoms with Crippen LogP contribution in [-0.4, -0.2) is 51.8 Å². The lowest BCUT2D eigenvalue weighted by molar-refractivity contribution is 0.0747. The number of nitrogen functional groups attached to an aromatic ring is 1. The number of nitrogens with two attached hydrogens (primary N) is 1. The van der Waals surface area contributed by atoms with E-state index in [4.69, 9.17) is 5.73 Å². The number of carbonyl (C=O) groups excluding carboxylic acids is 1. The van der Waals surface area contributed by atoms with Crippen molar-refractivity contribution in [3.8, 4) is 0 Å². The molecule has 0 atom stereocenters. The summed E-state index contributed by atoms with van der Waals surface area (Å²) >= 11 is 0. The number of piperazine rings is 1. The zero-order valence-electron chi connectivity index (χ0n) is 11.9. The van der Waals surface area contributed by atoms with E-state index in [0.717, 1.165) is 18.9 Å². The van der Waals surface area contributed by atoms with Gasteiger partial charge in [0.15, 0.2) is 0 Å². The molecule has 2 aromatic rings. The zero-order valence-corrected chi connectivity index (χ0v) is 11.9. The van der Waals surface area contributed by atoms with Crippen LogP contribution in [0.1, 0.15) is 10.4 Å². The molecule has 1 fully saturated rings. The van der Waals surface area contributed by atoms with Gasteiger partial charge in [-0.2, -0.15) is 5.10 Å². The number of carbonyl (C=O) groups is 1. The highest BCUT2D eigenvalue weighted by molar-refractivity contribution is 5.98. The van der Waals surface area contributed by atoms with Gasteiger partial charge < -0.3 is 15.5 Å². The number of hydrogen-bond acceptors (Lipinski definition) is 5. The predicted octanol–water partition coefficient (Wildman–Crippen LogP) is 0.360. The molecule has 110 valence electrons. The second-order valence-corrected chi connectivity index (χ2v) is 5.03. The first-order chi connectivity index (χ1) is 10.2. The van der Waals surface area contributed by atoms with Gasteiger partial charge in [0.05, 0.1) is 6.20 Å². The van der Waals surface area contributed by atoms with Crippen LogP contribution in [0.25, 0.3) is 0 Å². The van der Waals surface area contributed by atoms with Gasteiger partial charge in [-0.25, -0.2) is 4.98 Å². The number of rotatable bonds is 2. The van der Waals surface area contributed by atoms with E-state index in [-0.39, 0.29) is 5.91 Å². The van der Waals surface area contributed by atoms with Crippen LogP contribution in [0, 0.1) is 0 Å². The third kappa shape index (κ3) is 2.54. The number of pyridine rings is 1. The van der Waals surface area contributed by atoms with Crippen molar-refractivity contribution in [2.45, 2.75) is 0 Å². The molecule has 3 rings (SSSR count). The molecule has 21 heavy (non-hydrogen) atoms. The minimum atomic E-state index is -0.0544. The molecule has 1 aliphatic rings. The maximum atomic E-state index is 12.4. The molecule has 0 aromatic carbocycles. The van der Waals surface area contributed by atoms with Gasteiger partial charge in [0.25, 0.3) is 5.91 Å². The number of nitrogens with zero attached hydrogens (tertiary/aromatic N) is 5. The number of hydrogen-bond donors (Lipinski definition) is 1. The molecule has 0 bridgehead atoms. The summed E-state index contributed by atoms with van der Waals surface area (Å²) < 4.78 is 1.51. The van der Waals surface area contributed by atoms with Gasteiger partial charge in [0.1, 0.15) is 17.2 Å². The Morgan fingerprint density at radius 1 is 1.24 bits per heavy atom. The Labute approximate surface area is 123 Å². The van der Waals surface area contributed by atoms with Crippen molar-refractivity contribution in [3.63, 3.8) is 0 Å². The van der Waals surface area contributed by atoms with Crippen LogP contribution in [0.2, 0.25) is 0 Å². The third-order valence-electron chi connectivity index (χ3n) is 3.76. The largest absolute Gasteiger partial charge is 0.383 e. The molecule has 0 spiro atoms. The minimum Gasteiger partial charge on any atom is -0.383 e. The molecular weight excluding hydrogens is 268 g/mol. The van der Waals surface area contributed by atoms with E-state index in [0.29, 0.717) is 24.5 Å². The highest BCUT2D eigenvalue weighted by Gasteiger charge is 2.25. The van der Waals surface area contributed by atoms with E-state index in [1.807, 2.05) is 23.1 Å². The minimum absolute atomic E-state index is 0.0544. The Hall–Kier alpha value is -2.57. The van der Waals surface area contributed by atoms with Crippen molar-refractivity contribution in [1.82, 2.24) is 19.7 Å². The fourth-order valence-corrected chi connectivity index (χ4v) is 2.46. The summed E-state index contributed by atoms with van der Waals surface area (Å²) in [5, 5.41) is 4.02. The Morgan fingerprint density at radius 2 is 2.00 bits per heavy atom. The van der Waals surface area contributed by atoms with Crippen LogP contribution in [0.4, 0.5) is 11.6 Å². The molecule has 0 aliphatic carbocycles. The van der Waals surface area contributed by atoms with E-state index in [9.17, 15) is 4.79 Å². The quantitative estimate of drug-likeness (QED) is 0.862. The molecule has 3 heterocycles. The lowest BCUT2D eigenvalue weighted by Crippen LogP contribution is -2.49. The molecule has 0 saturated carbocycles. The van der Waals surface area contributed by atoms with Gasteiger partial charge in [-0.15, -0.1) is 0 Å². The van der Waals surface area contributed by atoms with Gasteiger partial charge in [-0.1, -0.05) is 6.07 Å². The van der Waals surface area contributed by atoms with Gasteiger partial charge in [-0.05, 0) is 12.1 Å². The lowest BCUT2D eigenvalue weighted by atomic mass is 10.2. The summed E-state index contributed by atoms with van der Waals surface area (Å²) in [6, 6.07) is 5.85. The van der Waals surface area contributed by atoms with Crippen LogP contribution >= 0.6 is 0 Å². The van der Waals surface area contributed by atoms with Crippen molar-refractivity contribution >= 4 is 17.5 Å². The van der Waals surface area contributed by atoms with E-state index in [2.05, 4.69) is 15.0 Å². The number of amides is 1. The Kier molecular flexibility index (Phi) is 3.47. The smallest absolute Gasteiger partial charge is 0.259 e. The fraction of sp³-hybridized carbons (Fsp3) is 0.357. The fourth-order valence-electron chi connectivity index (χ4n) is 2.46. The summed E-state index contributed by atoms with van der Waals surface area (Å²) in [7, 11) is 1.73.